The maximum Gasteiger partial charge on any atom is 0.268 e. The van der Waals surface area contributed by atoms with Crippen molar-refractivity contribution in [2.75, 3.05) is 0 Å². The lowest BCUT2D eigenvalue weighted by Gasteiger charge is -1.99. The van der Waals surface area contributed by atoms with E-state index < -0.39 is 0 Å². The standard InChI is InChI=1S/C15H13NOS/c1-11-6-5-9-13-14(11)18-16(15(13)17)10-12-7-3-2-4-8-12/h2-9H,10H2,1H3. The minimum Gasteiger partial charge on any atom is -0.268 e. The Bertz CT molecular complexity index is 740. The van der Waals surface area contributed by atoms with Crippen LogP contribution < -0.4 is 5.56 Å². The van der Waals surface area contributed by atoms with Crippen molar-refractivity contribution >= 4 is 21.6 Å². The molecule has 0 saturated carbocycles. The van der Waals surface area contributed by atoms with E-state index in [-0.39, 0.29) is 5.56 Å². The van der Waals surface area contributed by atoms with Crippen LogP contribution in [0.3, 0.4) is 0 Å². The minimum atomic E-state index is 0.113. The van der Waals surface area contributed by atoms with Crippen LogP contribution in [0.25, 0.3) is 10.1 Å². The van der Waals surface area contributed by atoms with Crippen LogP contribution in [-0.4, -0.2) is 3.96 Å². The first-order valence-electron chi connectivity index (χ1n) is 5.89. The van der Waals surface area contributed by atoms with Gasteiger partial charge in [0.2, 0.25) is 0 Å². The lowest BCUT2D eigenvalue weighted by molar-refractivity contribution is 0.854. The van der Waals surface area contributed by atoms with Gasteiger partial charge in [-0.25, -0.2) is 0 Å². The highest BCUT2D eigenvalue weighted by molar-refractivity contribution is 7.14. The Balaban J connectivity index is 2.11. The van der Waals surface area contributed by atoms with Gasteiger partial charge < -0.3 is 0 Å². The van der Waals surface area contributed by atoms with E-state index in [4.69, 9.17) is 0 Å². The number of rotatable bonds is 2. The number of benzene rings is 2. The number of nitrogens with zero attached hydrogens (tertiary/aromatic N) is 1. The Kier molecular flexibility index (Phi) is 2.76. The maximum atomic E-state index is 12.3. The molecule has 90 valence electrons. The van der Waals surface area contributed by atoms with Crippen molar-refractivity contribution in [1.29, 1.82) is 0 Å². The second kappa shape index (κ2) is 4.42. The molecule has 18 heavy (non-hydrogen) atoms. The molecule has 0 bridgehead atoms. The van der Waals surface area contributed by atoms with Gasteiger partial charge in [-0.2, -0.15) is 0 Å². The third-order valence-electron chi connectivity index (χ3n) is 3.04. The zero-order chi connectivity index (χ0) is 12.5. The largest absolute Gasteiger partial charge is 0.268 e. The Morgan fingerprint density at radius 3 is 2.56 bits per heavy atom. The van der Waals surface area contributed by atoms with Crippen LogP contribution in [-0.2, 0) is 6.54 Å². The summed E-state index contributed by atoms with van der Waals surface area (Å²) >= 11 is 1.55. The van der Waals surface area contributed by atoms with Crippen LogP contribution in [0.5, 0.6) is 0 Å². The molecule has 0 amide bonds. The molecule has 0 atom stereocenters. The van der Waals surface area contributed by atoms with Crippen molar-refractivity contribution in [3.05, 3.63) is 70.0 Å². The van der Waals surface area contributed by atoms with Crippen LogP contribution >= 0.6 is 11.5 Å². The zero-order valence-corrected chi connectivity index (χ0v) is 10.9. The molecular formula is C15H13NOS. The van der Waals surface area contributed by atoms with Crippen molar-refractivity contribution < 1.29 is 0 Å². The number of hydrogen-bond donors (Lipinski definition) is 0. The van der Waals surface area contributed by atoms with Gasteiger partial charge >= 0.3 is 0 Å². The van der Waals surface area contributed by atoms with Crippen LogP contribution in [0.4, 0.5) is 0 Å². The molecule has 0 spiro atoms. The summed E-state index contributed by atoms with van der Waals surface area (Å²) in [5.41, 5.74) is 2.44. The predicted molar refractivity (Wildman–Crippen MR) is 76.4 cm³/mol. The van der Waals surface area contributed by atoms with E-state index in [1.165, 1.54) is 5.56 Å². The van der Waals surface area contributed by atoms with E-state index in [0.717, 1.165) is 15.6 Å². The Hall–Kier alpha value is -1.87. The van der Waals surface area contributed by atoms with E-state index in [2.05, 4.69) is 0 Å². The number of aryl methyl sites for hydroxylation is 1. The molecule has 0 aliphatic heterocycles. The van der Waals surface area contributed by atoms with Crippen molar-refractivity contribution in [2.24, 2.45) is 0 Å². The van der Waals surface area contributed by atoms with E-state index in [1.807, 2.05) is 59.4 Å². The van der Waals surface area contributed by atoms with Crippen LogP contribution in [0, 0.1) is 6.92 Å². The Morgan fingerprint density at radius 2 is 1.83 bits per heavy atom. The van der Waals surface area contributed by atoms with Crippen LogP contribution in [0.15, 0.2) is 53.3 Å². The average Bonchev–Trinajstić information content (AvgIpc) is 2.70. The fourth-order valence-electron chi connectivity index (χ4n) is 2.08. The molecule has 0 aliphatic rings. The molecule has 0 N–H and O–H groups in total. The van der Waals surface area contributed by atoms with E-state index in [1.54, 1.807) is 11.5 Å². The normalized spacial score (nSPS) is 10.9. The SMILES string of the molecule is Cc1cccc2c(=O)n(Cc3ccccc3)sc12. The summed E-state index contributed by atoms with van der Waals surface area (Å²) in [5.74, 6) is 0. The molecule has 1 heterocycles. The summed E-state index contributed by atoms with van der Waals surface area (Å²) in [6.07, 6.45) is 0. The highest BCUT2D eigenvalue weighted by atomic mass is 32.1. The molecule has 2 nitrogen and oxygen atoms in total. The summed E-state index contributed by atoms with van der Waals surface area (Å²) in [5, 5.41) is 0.830. The fourth-order valence-corrected chi connectivity index (χ4v) is 3.16. The van der Waals surface area contributed by atoms with Crippen molar-refractivity contribution in [2.45, 2.75) is 13.5 Å². The maximum absolute atomic E-state index is 12.3. The van der Waals surface area contributed by atoms with E-state index in [9.17, 15) is 4.79 Å². The van der Waals surface area contributed by atoms with Crippen molar-refractivity contribution in [3.63, 3.8) is 0 Å². The molecule has 0 unspecified atom stereocenters. The van der Waals surface area contributed by atoms with Gasteiger partial charge in [0.1, 0.15) is 0 Å². The molecule has 3 rings (SSSR count). The Morgan fingerprint density at radius 1 is 1.06 bits per heavy atom. The minimum absolute atomic E-state index is 0.113. The summed E-state index contributed by atoms with van der Waals surface area (Å²) in [7, 11) is 0. The topological polar surface area (TPSA) is 22.0 Å². The molecular weight excluding hydrogens is 242 g/mol. The first-order chi connectivity index (χ1) is 8.75. The second-order valence-corrected chi connectivity index (χ2v) is 5.40. The third-order valence-corrected chi connectivity index (χ3v) is 4.28. The number of fused-ring (bicyclic) bond motifs is 1. The molecule has 2 aromatic carbocycles. The van der Waals surface area contributed by atoms with Gasteiger partial charge in [0.25, 0.3) is 5.56 Å². The van der Waals surface area contributed by atoms with Gasteiger partial charge in [-0.05, 0) is 24.1 Å². The molecule has 3 aromatic rings. The van der Waals surface area contributed by atoms with Crippen LogP contribution in [0.2, 0.25) is 0 Å². The van der Waals surface area contributed by atoms with Gasteiger partial charge in [-0.3, -0.25) is 8.75 Å². The first-order valence-corrected chi connectivity index (χ1v) is 6.66. The van der Waals surface area contributed by atoms with Gasteiger partial charge in [0, 0.05) is 0 Å². The van der Waals surface area contributed by atoms with Crippen molar-refractivity contribution in [1.82, 2.24) is 3.96 Å². The second-order valence-electron chi connectivity index (χ2n) is 4.37. The van der Waals surface area contributed by atoms with Crippen molar-refractivity contribution in [3.8, 4) is 0 Å². The summed E-state index contributed by atoms with van der Waals surface area (Å²) in [4.78, 5) is 12.3. The Labute approximate surface area is 109 Å². The summed E-state index contributed by atoms with van der Waals surface area (Å²) in [6.45, 7) is 2.70. The summed E-state index contributed by atoms with van der Waals surface area (Å²) in [6, 6.07) is 16.0. The van der Waals surface area contributed by atoms with Crippen LogP contribution in [0.1, 0.15) is 11.1 Å². The van der Waals surface area contributed by atoms with Gasteiger partial charge in [-0.15, -0.1) is 0 Å². The van der Waals surface area contributed by atoms with Gasteiger partial charge in [0.15, 0.2) is 0 Å². The predicted octanol–water partition coefficient (Wildman–Crippen LogP) is 3.42. The molecule has 0 radical (unpaired) electrons. The van der Waals surface area contributed by atoms with E-state index >= 15 is 0 Å². The molecule has 0 saturated heterocycles. The highest BCUT2D eigenvalue weighted by Gasteiger charge is 2.08. The zero-order valence-electron chi connectivity index (χ0n) is 10.1. The monoisotopic (exact) mass is 255 g/mol. The molecule has 0 fully saturated rings. The molecule has 3 heteroatoms. The molecule has 0 aliphatic carbocycles. The van der Waals surface area contributed by atoms with E-state index in [0.29, 0.717) is 6.54 Å². The number of aromatic nitrogens is 1. The highest BCUT2D eigenvalue weighted by Crippen LogP contribution is 2.21. The van der Waals surface area contributed by atoms with Gasteiger partial charge in [0.05, 0.1) is 16.6 Å². The smallest absolute Gasteiger partial charge is 0.268 e. The summed E-state index contributed by atoms with van der Waals surface area (Å²) < 4.78 is 2.92. The third kappa shape index (κ3) is 1.87. The number of hydrogen-bond acceptors (Lipinski definition) is 2. The fraction of sp³-hybridized carbons (Fsp3) is 0.133. The van der Waals surface area contributed by atoms with Gasteiger partial charge in [-0.1, -0.05) is 54.0 Å². The quantitative estimate of drug-likeness (QED) is 0.687. The average molecular weight is 255 g/mol. The molecule has 1 aromatic heterocycles. The first kappa shape index (κ1) is 11.2. The lowest BCUT2D eigenvalue weighted by Crippen LogP contribution is -2.13. The lowest BCUT2D eigenvalue weighted by atomic mass is 10.2.